The van der Waals surface area contributed by atoms with Crippen molar-refractivity contribution in [3.63, 3.8) is 0 Å². The Morgan fingerprint density at radius 3 is 2.50 bits per heavy atom. The normalized spacial score (nSPS) is 19.2. The molecule has 5 nitrogen and oxygen atoms in total. The second-order valence-electron chi connectivity index (χ2n) is 8.61. The lowest BCUT2D eigenvalue weighted by Gasteiger charge is -2.43. The summed E-state index contributed by atoms with van der Waals surface area (Å²) >= 11 is 8.64. The zero-order chi connectivity index (χ0) is 21.1. The molecule has 0 bridgehead atoms. The number of aryl methyl sites for hydroxylation is 2. The van der Waals surface area contributed by atoms with E-state index < -0.39 is 0 Å². The number of nitrogens with zero attached hydrogens (tertiary/aromatic N) is 3. The van der Waals surface area contributed by atoms with E-state index in [2.05, 4.69) is 46.5 Å². The van der Waals surface area contributed by atoms with E-state index in [-0.39, 0.29) is 11.4 Å². The predicted octanol–water partition coefficient (Wildman–Crippen LogP) is 4.29. The quantitative estimate of drug-likeness (QED) is 0.719. The molecule has 1 aromatic carbocycles. The number of thioether (sulfide) groups is 1. The number of nitrogens with one attached hydrogen (secondary N) is 1. The fraction of sp³-hybridized carbons (Fsp3) is 0.565. The Hall–Kier alpha value is -1.50. The number of amides is 1. The minimum Gasteiger partial charge on any atom is -0.350 e. The van der Waals surface area contributed by atoms with Gasteiger partial charge < -0.3 is 5.32 Å². The first-order valence-corrected chi connectivity index (χ1v) is 12.4. The van der Waals surface area contributed by atoms with Gasteiger partial charge in [-0.3, -0.25) is 9.69 Å². The summed E-state index contributed by atoms with van der Waals surface area (Å²) in [5, 5.41) is 8.18. The average Bonchev–Trinajstić information content (AvgIpc) is 3.34. The molecule has 30 heavy (non-hydrogen) atoms. The first-order valence-electron chi connectivity index (χ1n) is 10.9. The Morgan fingerprint density at radius 2 is 1.83 bits per heavy atom. The highest BCUT2D eigenvalue weighted by Crippen LogP contribution is 2.36. The summed E-state index contributed by atoms with van der Waals surface area (Å²) in [7, 11) is 0. The Kier molecular flexibility index (Phi) is 6.75. The van der Waals surface area contributed by atoms with Gasteiger partial charge in [0.2, 0.25) is 0 Å². The molecule has 1 aliphatic heterocycles. The smallest absolute Gasteiger partial charge is 0.256 e. The molecule has 1 saturated heterocycles. The van der Waals surface area contributed by atoms with Crippen LogP contribution in [0.5, 0.6) is 0 Å². The monoisotopic (exact) mass is 446 g/mol. The molecule has 2 aliphatic rings. The van der Waals surface area contributed by atoms with Crippen molar-refractivity contribution in [2.24, 2.45) is 0 Å². The zero-order valence-corrected chi connectivity index (χ0v) is 19.5. The molecule has 0 unspecified atom stereocenters. The minimum absolute atomic E-state index is 0.106. The van der Waals surface area contributed by atoms with Gasteiger partial charge in [-0.15, -0.1) is 0 Å². The van der Waals surface area contributed by atoms with Crippen LogP contribution < -0.4 is 5.32 Å². The molecule has 7 heteroatoms. The standard InChI is InChI=1S/C23H31ClN4OS/c1-17-5-7-19(8-6-17)15-28-21(24)20(18(2)26-28)22(29)25-16-23(9-3-4-10-23)27-11-13-30-14-12-27/h5-8H,3-4,9-16H2,1-2H3,(H,25,29). The summed E-state index contributed by atoms with van der Waals surface area (Å²) in [6.07, 6.45) is 4.82. The van der Waals surface area contributed by atoms with Crippen molar-refractivity contribution >= 4 is 29.3 Å². The molecule has 0 spiro atoms. The van der Waals surface area contributed by atoms with Crippen LogP contribution in [0.1, 0.15) is 52.9 Å². The van der Waals surface area contributed by atoms with Crippen LogP contribution in [0.25, 0.3) is 0 Å². The van der Waals surface area contributed by atoms with Gasteiger partial charge in [0.05, 0.1) is 17.8 Å². The second kappa shape index (κ2) is 9.33. The first kappa shape index (κ1) is 21.7. The minimum atomic E-state index is -0.106. The molecular weight excluding hydrogens is 416 g/mol. The van der Waals surface area contributed by atoms with Gasteiger partial charge in [-0.2, -0.15) is 16.9 Å². The summed E-state index contributed by atoms with van der Waals surface area (Å²) < 4.78 is 1.73. The predicted molar refractivity (Wildman–Crippen MR) is 125 cm³/mol. The van der Waals surface area contributed by atoms with Gasteiger partial charge >= 0.3 is 0 Å². The van der Waals surface area contributed by atoms with Crippen molar-refractivity contribution in [1.29, 1.82) is 0 Å². The number of carbonyl (C=O) groups excluding carboxylic acids is 1. The fourth-order valence-corrected chi connectivity index (χ4v) is 6.01. The van der Waals surface area contributed by atoms with E-state index >= 15 is 0 Å². The first-order chi connectivity index (χ1) is 14.5. The van der Waals surface area contributed by atoms with Gasteiger partial charge in [-0.05, 0) is 32.3 Å². The summed E-state index contributed by atoms with van der Waals surface area (Å²) in [4.78, 5) is 15.7. The van der Waals surface area contributed by atoms with E-state index in [1.807, 2.05) is 18.7 Å². The molecule has 1 amide bonds. The van der Waals surface area contributed by atoms with Crippen LogP contribution in [0.3, 0.4) is 0 Å². The van der Waals surface area contributed by atoms with Gasteiger partial charge in [-0.1, -0.05) is 54.3 Å². The van der Waals surface area contributed by atoms with Crippen LogP contribution in [0.2, 0.25) is 5.15 Å². The van der Waals surface area contributed by atoms with Crippen molar-refractivity contribution in [2.75, 3.05) is 31.1 Å². The third-order valence-corrected chi connectivity index (χ3v) is 7.87. The zero-order valence-electron chi connectivity index (χ0n) is 17.9. The van der Waals surface area contributed by atoms with Gasteiger partial charge in [0.15, 0.2) is 0 Å². The van der Waals surface area contributed by atoms with Crippen LogP contribution in [-0.2, 0) is 6.54 Å². The lowest BCUT2D eigenvalue weighted by Crippen LogP contribution is -2.56. The lowest BCUT2D eigenvalue weighted by atomic mass is 9.94. The highest BCUT2D eigenvalue weighted by atomic mass is 35.5. The molecule has 2 heterocycles. The second-order valence-corrected chi connectivity index (χ2v) is 10.2. The van der Waals surface area contributed by atoms with Crippen LogP contribution >= 0.6 is 23.4 Å². The number of hydrogen-bond acceptors (Lipinski definition) is 4. The molecule has 1 aliphatic carbocycles. The Labute approximate surface area is 188 Å². The van der Waals surface area contributed by atoms with Gasteiger partial charge in [0.25, 0.3) is 5.91 Å². The molecule has 4 rings (SSSR count). The number of aromatic nitrogens is 2. The number of carbonyl (C=O) groups is 1. The fourth-order valence-electron chi connectivity index (χ4n) is 4.79. The summed E-state index contributed by atoms with van der Waals surface area (Å²) in [5.74, 6) is 2.27. The SMILES string of the molecule is Cc1ccc(Cn2nc(C)c(C(=O)NCC3(N4CCSCC4)CCCC3)c2Cl)cc1. The summed E-state index contributed by atoms with van der Waals surface area (Å²) in [6.45, 7) is 7.42. The van der Waals surface area contributed by atoms with E-state index in [1.54, 1.807) is 4.68 Å². The number of benzene rings is 1. The van der Waals surface area contributed by atoms with E-state index in [0.717, 1.165) is 31.5 Å². The molecular formula is C23H31ClN4OS. The van der Waals surface area contributed by atoms with Crippen LogP contribution in [0, 0.1) is 13.8 Å². The maximum atomic E-state index is 13.1. The van der Waals surface area contributed by atoms with Gasteiger partial charge in [0, 0.05) is 36.7 Å². The maximum Gasteiger partial charge on any atom is 0.256 e. The van der Waals surface area contributed by atoms with E-state index in [9.17, 15) is 4.79 Å². The number of hydrogen-bond donors (Lipinski definition) is 1. The number of rotatable bonds is 6. The van der Waals surface area contributed by atoms with Crippen LogP contribution in [0.15, 0.2) is 24.3 Å². The van der Waals surface area contributed by atoms with Crippen molar-refractivity contribution < 1.29 is 4.79 Å². The molecule has 1 N–H and O–H groups in total. The molecule has 0 radical (unpaired) electrons. The lowest BCUT2D eigenvalue weighted by molar-refractivity contribution is 0.0817. The molecule has 0 atom stereocenters. The Morgan fingerprint density at radius 1 is 1.17 bits per heavy atom. The highest BCUT2D eigenvalue weighted by molar-refractivity contribution is 7.99. The van der Waals surface area contributed by atoms with Crippen LogP contribution in [0.4, 0.5) is 0 Å². The van der Waals surface area contributed by atoms with Gasteiger partial charge in [0.1, 0.15) is 5.15 Å². The molecule has 162 valence electrons. The van der Waals surface area contributed by atoms with E-state index in [1.165, 1.54) is 29.9 Å². The Balaban J connectivity index is 1.46. The van der Waals surface area contributed by atoms with E-state index in [4.69, 9.17) is 11.6 Å². The van der Waals surface area contributed by atoms with Gasteiger partial charge in [-0.25, -0.2) is 4.68 Å². The molecule has 1 saturated carbocycles. The largest absolute Gasteiger partial charge is 0.350 e. The summed E-state index contributed by atoms with van der Waals surface area (Å²) in [6, 6.07) is 8.30. The van der Waals surface area contributed by atoms with Crippen molar-refractivity contribution in [1.82, 2.24) is 20.0 Å². The van der Waals surface area contributed by atoms with E-state index in [0.29, 0.717) is 29.5 Å². The molecule has 1 aromatic heterocycles. The van der Waals surface area contributed by atoms with Crippen molar-refractivity contribution in [3.05, 3.63) is 51.8 Å². The average molecular weight is 447 g/mol. The van der Waals surface area contributed by atoms with Crippen LogP contribution in [-0.4, -0.2) is 57.3 Å². The molecule has 2 fully saturated rings. The van der Waals surface area contributed by atoms with Crippen molar-refractivity contribution in [2.45, 2.75) is 51.6 Å². The summed E-state index contributed by atoms with van der Waals surface area (Å²) in [5.41, 5.74) is 3.62. The topological polar surface area (TPSA) is 50.2 Å². The van der Waals surface area contributed by atoms with Crippen molar-refractivity contribution in [3.8, 4) is 0 Å². The highest BCUT2D eigenvalue weighted by Gasteiger charge is 2.40. The Bertz CT molecular complexity index is 883. The maximum absolute atomic E-state index is 13.1. The molecule has 2 aromatic rings. The number of halogens is 1. The third-order valence-electron chi connectivity index (χ3n) is 6.54. The third kappa shape index (κ3) is 4.56.